The molecule has 0 aliphatic heterocycles. The van der Waals surface area contributed by atoms with Crippen molar-refractivity contribution in [2.45, 2.75) is 32.6 Å². The summed E-state index contributed by atoms with van der Waals surface area (Å²) in [6, 6.07) is 0. The molecule has 14 heavy (non-hydrogen) atoms. The summed E-state index contributed by atoms with van der Waals surface area (Å²) in [6.07, 6.45) is 4.39. The first-order valence-electron chi connectivity index (χ1n) is 4.99. The molecule has 0 aromatic carbocycles. The molecule has 0 radical (unpaired) electrons. The van der Waals surface area contributed by atoms with E-state index in [9.17, 15) is 0 Å². The molecule has 1 aromatic heterocycles. The van der Waals surface area contributed by atoms with Crippen molar-refractivity contribution in [3.63, 3.8) is 0 Å². The molecule has 0 spiro atoms. The van der Waals surface area contributed by atoms with Crippen LogP contribution < -0.4 is 4.74 Å². The molecule has 0 fully saturated rings. The second kappa shape index (κ2) is 4.13. The van der Waals surface area contributed by atoms with Crippen LogP contribution in [0.15, 0.2) is 0 Å². The van der Waals surface area contributed by atoms with Gasteiger partial charge in [-0.1, -0.05) is 11.6 Å². The molecule has 0 atom stereocenters. The van der Waals surface area contributed by atoms with Crippen LogP contribution in [0, 0.1) is 0 Å². The smallest absolute Gasteiger partial charge is 0.237 e. The zero-order chi connectivity index (χ0) is 9.97. The van der Waals surface area contributed by atoms with Crippen LogP contribution in [0.1, 0.15) is 30.9 Å². The summed E-state index contributed by atoms with van der Waals surface area (Å²) in [4.78, 5) is 0. The topological polar surface area (TPSA) is 35.0 Å². The lowest BCUT2D eigenvalue weighted by Gasteiger charge is -2.18. The summed E-state index contributed by atoms with van der Waals surface area (Å²) >= 11 is 5.99. The van der Waals surface area contributed by atoms with Crippen LogP contribution in [0.25, 0.3) is 0 Å². The third kappa shape index (κ3) is 1.69. The molecule has 0 saturated carbocycles. The summed E-state index contributed by atoms with van der Waals surface area (Å²) in [5.41, 5.74) is 2.30. The second-order valence-electron chi connectivity index (χ2n) is 3.39. The summed E-state index contributed by atoms with van der Waals surface area (Å²) in [5, 5.41) is 8.42. The van der Waals surface area contributed by atoms with Crippen LogP contribution in [0.5, 0.6) is 5.88 Å². The monoisotopic (exact) mass is 212 g/mol. The Balaban J connectivity index is 2.42. The maximum atomic E-state index is 5.99. The van der Waals surface area contributed by atoms with E-state index in [-0.39, 0.29) is 0 Å². The van der Waals surface area contributed by atoms with E-state index >= 15 is 0 Å². The molecule has 1 aliphatic rings. The Bertz CT molecular complexity index is 341. The molecule has 0 amide bonds. The molecule has 1 aliphatic carbocycles. The van der Waals surface area contributed by atoms with E-state index in [2.05, 4.69) is 10.2 Å². The van der Waals surface area contributed by atoms with Crippen LogP contribution >= 0.6 is 11.6 Å². The van der Waals surface area contributed by atoms with Crippen LogP contribution in [0.3, 0.4) is 0 Å². The van der Waals surface area contributed by atoms with Gasteiger partial charge in [0.2, 0.25) is 5.88 Å². The van der Waals surface area contributed by atoms with Gasteiger partial charge in [0, 0.05) is 5.56 Å². The standard InChI is InChI=1S/C10H13ClN2O/c1-2-14-10-8-6-4-3-5-7(8)9(11)12-13-10/h2-6H2,1H3. The third-order valence-corrected chi connectivity index (χ3v) is 2.79. The highest BCUT2D eigenvalue weighted by atomic mass is 35.5. The number of halogens is 1. The lowest BCUT2D eigenvalue weighted by molar-refractivity contribution is 0.316. The average molecular weight is 213 g/mol. The first-order chi connectivity index (χ1) is 6.83. The van der Waals surface area contributed by atoms with E-state index in [1.807, 2.05) is 6.92 Å². The number of hydrogen-bond donors (Lipinski definition) is 0. The molecule has 1 aromatic rings. The van der Waals surface area contributed by atoms with Crippen LogP contribution in [0.2, 0.25) is 5.15 Å². The number of ether oxygens (including phenoxy) is 1. The van der Waals surface area contributed by atoms with Crippen LogP contribution in [0.4, 0.5) is 0 Å². The summed E-state index contributed by atoms with van der Waals surface area (Å²) < 4.78 is 5.43. The Labute approximate surface area is 88.4 Å². The minimum Gasteiger partial charge on any atom is -0.477 e. The van der Waals surface area contributed by atoms with E-state index in [0.717, 1.165) is 24.0 Å². The van der Waals surface area contributed by atoms with E-state index < -0.39 is 0 Å². The average Bonchev–Trinajstić information content (AvgIpc) is 2.23. The van der Waals surface area contributed by atoms with Crippen molar-refractivity contribution in [1.29, 1.82) is 0 Å². The van der Waals surface area contributed by atoms with Crippen molar-refractivity contribution in [2.75, 3.05) is 6.61 Å². The predicted molar refractivity (Wildman–Crippen MR) is 54.9 cm³/mol. The summed E-state index contributed by atoms with van der Waals surface area (Å²) in [7, 11) is 0. The van der Waals surface area contributed by atoms with Gasteiger partial charge in [-0.2, -0.15) is 0 Å². The SMILES string of the molecule is CCOc1nnc(Cl)c2c1CCCC2. The lowest BCUT2D eigenvalue weighted by Crippen LogP contribution is -2.10. The van der Waals surface area contributed by atoms with E-state index in [4.69, 9.17) is 16.3 Å². The van der Waals surface area contributed by atoms with Crippen molar-refractivity contribution in [2.24, 2.45) is 0 Å². The van der Waals surface area contributed by atoms with Gasteiger partial charge in [0.05, 0.1) is 6.61 Å². The highest BCUT2D eigenvalue weighted by molar-refractivity contribution is 6.30. The van der Waals surface area contributed by atoms with Crippen LogP contribution in [-0.4, -0.2) is 16.8 Å². The molecular formula is C10H13ClN2O. The highest BCUT2D eigenvalue weighted by Crippen LogP contribution is 2.31. The zero-order valence-electron chi connectivity index (χ0n) is 8.22. The van der Waals surface area contributed by atoms with Crippen molar-refractivity contribution in [1.82, 2.24) is 10.2 Å². The number of hydrogen-bond acceptors (Lipinski definition) is 3. The molecule has 0 N–H and O–H groups in total. The van der Waals surface area contributed by atoms with Gasteiger partial charge in [-0.15, -0.1) is 10.2 Å². The fourth-order valence-electron chi connectivity index (χ4n) is 1.83. The second-order valence-corrected chi connectivity index (χ2v) is 3.75. The minimum absolute atomic E-state index is 0.545. The van der Waals surface area contributed by atoms with E-state index in [1.165, 1.54) is 12.8 Å². The minimum atomic E-state index is 0.545. The molecule has 3 nitrogen and oxygen atoms in total. The van der Waals surface area contributed by atoms with Crippen molar-refractivity contribution >= 4 is 11.6 Å². The molecule has 1 heterocycles. The number of aromatic nitrogens is 2. The Hall–Kier alpha value is -0.830. The third-order valence-electron chi connectivity index (χ3n) is 2.48. The zero-order valence-corrected chi connectivity index (χ0v) is 8.97. The van der Waals surface area contributed by atoms with Crippen molar-refractivity contribution in [3.05, 3.63) is 16.3 Å². The van der Waals surface area contributed by atoms with Gasteiger partial charge in [-0.05, 0) is 38.2 Å². The van der Waals surface area contributed by atoms with Crippen molar-refractivity contribution < 1.29 is 4.74 Å². The molecule has 76 valence electrons. The Morgan fingerprint density at radius 2 is 1.93 bits per heavy atom. The Kier molecular flexibility index (Phi) is 2.87. The normalized spacial score (nSPS) is 15.0. The van der Waals surface area contributed by atoms with Gasteiger partial charge in [0.15, 0.2) is 5.15 Å². The molecule has 4 heteroatoms. The van der Waals surface area contributed by atoms with Crippen LogP contribution in [-0.2, 0) is 12.8 Å². The molecule has 2 rings (SSSR count). The number of rotatable bonds is 2. The quantitative estimate of drug-likeness (QED) is 0.755. The molecule has 0 bridgehead atoms. The Morgan fingerprint density at radius 3 is 2.64 bits per heavy atom. The largest absolute Gasteiger partial charge is 0.477 e. The Morgan fingerprint density at radius 1 is 1.21 bits per heavy atom. The maximum absolute atomic E-state index is 5.99. The van der Waals surface area contributed by atoms with Crippen molar-refractivity contribution in [3.8, 4) is 5.88 Å². The number of fused-ring (bicyclic) bond motifs is 1. The van der Waals surface area contributed by atoms with E-state index in [0.29, 0.717) is 17.6 Å². The van der Waals surface area contributed by atoms with Gasteiger partial charge in [0.1, 0.15) is 0 Å². The fraction of sp³-hybridized carbons (Fsp3) is 0.600. The molecular weight excluding hydrogens is 200 g/mol. The van der Waals surface area contributed by atoms with Gasteiger partial charge in [-0.3, -0.25) is 0 Å². The first kappa shape index (κ1) is 9.71. The van der Waals surface area contributed by atoms with Gasteiger partial charge >= 0.3 is 0 Å². The fourth-order valence-corrected chi connectivity index (χ4v) is 2.08. The first-order valence-corrected chi connectivity index (χ1v) is 5.37. The molecule has 0 saturated heterocycles. The maximum Gasteiger partial charge on any atom is 0.237 e. The highest BCUT2D eigenvalue weighted by Gasteiger charge is 2.19. The molecule has 0 unspecified atom stereocenters. The van der Waals surface area contributed by atoms with Gasteiger partial charge < -0.3 is 4.74 Å². The number of nitrogens with zero attached hydrogens (tertiary/aromatic N) is 2. The predicted octanol–water partition coefficient (Wildman–Crippen LogP) is 2.41. The summed E-state index contributed by atoms with van der Waals surface area (Å²) in [5.74, 6) is 0.673. The summed E-state index contributed by atoms with van der Waals surface area (Å²) in [6.45, 7) is 2.58. The lowest BCUT2D eigenvalue weighted by atomic mass is 9.94. The van der Waals surface area contributed by atoms with Gasteiger partial charge in [-0.25, -0.2) is 0 Å². The van der Waals surface area contributed by atoms with E-state index in [1.54, 1.807) is 0 Å². The van der Waals surface area contributed by atoms with Gasteiger partial charge in [0.25, 0.3) is 0 Å².